The Hall–Kier alpha value is -8.67. The topological polar surface area (TPSA) is 218 Å². The number of aliphatic hydroxyl groups excluding tert-OH is 2. The molecule has 0 bridgehead atoms. The summed E-state index contributed by atoms with van der Waals surface area (Å²) in [5, 5.41) is 20.9. The van der Waals surface area contributed by atoms with Crippen LogP contribution in [0.1, 0.15) is 34.1 Å². The molecule has 390 valence electrons. The molecule has 0 saturated carbocycles. The van der Waals surface area contributed by atoms with Crippen molar-refractivity contribution in [1.29, 1.82) is 0 Å². The summed E-state index contributed by atoms with van der Waals surface area (Å²) in [5.41, 5.74) is 3.29. The zero-order valence-corrected chi connectivity index (χ0v) is 40.8. The Balaban J connectivity index is 1.76. The van der Waals surface area contributed by atoms with Gasteiger partial charge in [-0.25, -0.2) is 24.0 Å². The van der Waals surface area contributed by atoms with Crippen molar-refractivity contribution < 1.29 is 81.6 Å². The first-order valence-corrected chi connectivity index (χ1v) is 22.9. The first kappa shape index (κ1) is 57.9. The number of ether oxygens (including phenoxy) is 10. The van der Waals surface area contributed by atoms with Gasteiger partial charge in [-0.3, -0.25) is 0 Å². The van der Waals surface area contributed by atoms with Gasteiger partial charge in [-0.05, 0) is 76.9 Å². The molecule has 0 spiro atoms. The Bertz CT molecular complexity index is 2350. The number of hydrogen-bond donors (Lipinski definition) is 2. The van der Waals surface area contributed by atoms with Crippen molar-refractivity contribution in [1.82, 2.24) is 0 Å². The van der Waals surface area contributed by atoms with Crippen LogP contribution in [0.5, 0.6) is 23.0 Å². The van der Waals surface area contributed by atoms with Crippen LogP contribution >= 0.6 is 0 Å². The molecule has 0 aromatic heterocycles. The van der Waals surface area contributed by atoms with E-state index in [2.05, 4.69) is 46.1 Å². The second kappa shape index (κ2) is 30.9. The van der Waals surface area contributed by atoms with E-state index in [0.29, 0.717) is 28.8 Å². The summed E-state index contributed by atoms with van der Waals surface area (Å²) in [6, 6.07) is 29.1. The Morgan fingerprint density at radius 3 is 0.919 bits per heavy atom. The van der Waals surface area contributed by atoms with Gasteiger partial charge in [-0.2, -0.15) is 0 Å². The number of rotatable bonds is 34. The molecule has 4 aromatic carbocycles. The van der Waals surface area contributed by atoms with Gasteiger partial charge >= 0.3 is 29.8 Å². The van der Waals surface area contributed by atoms with E-state index in [4.69, 9.17) is 47.4 Å². The fourth-order valence-corrected chi connectivity index (χ4v) is 6.72. The predicted octanol–water partition coefficient (Wildman–Crippen LogP) is 6.99. The number of allylic oxidation sites excluding steroid dienone is 1. The lowest BCUT2D eigenvalue weighted by molar-refractivity contribution is -0.154. The highest BCUT2D eigenvalue weighted by atomic mass is 16.6. The Kier molecular flexibility index (Phi) is 24.2. The third-order valence-electron chi connectivity index (χ3n) is 10.4. The second-order valence-electron chi connectivity index (χ2n) is 15.8. The number of benzene rings is 4. The third-order valence-corrected chi connectivity index (χ3v) is 10.4. The minimum absolute atomic E-state index is 0.0519. The third kappa shape index (κ3) is 19.9. The molecule has 74 heavy (non-hydrogen) atoms. The van der Waals surface area contributed by atoms with Gasteiger partial charge in [-0.15, -0.1) is 0 Å². The zero-order chi connectivity index (χ0) is 53.8. The molecule has 0 radical (unpaired) electrons. The van der Waals surface area contributed by atoms with Crippen LogP contribution in [0.4, 0.5) is 0 Å². The summed E-state index contributed by atoms with van der Waals surface area (Å²) in [4.78, 5) is 59.3. The molecule has 2 N–H and O–H groups in total. The molecule has 17 heteroatoms. The fourth-order valence-electron chi connectivity index (χ4n) is 6.72. The van der Waals surface area contributed by atoms with E-state index in [1.54, 1.807) is 48.5 Å². The molecule has 4 rings (SSSR count). The number of esters is 5. The molecular formula is C57H60O17. The minimum atomic E-state index is -1.11. The normalized spacial score (nSPS) is 12.9. The van der Waals surface area contributed by atoms with Crippen molar-refractivity contribution >= 4 is 29.8 Å². The first-order valence-electron chi connectivity index (χ1n) is 22.9. The van der Waals surface area contributed by atoms with E-state index >= 15 is 0 Å². The summed E-state index contributed by atoms with van der Waals surface area (Å²) in [7, 11) is 0. The van der Waals surface area contributed by atoms with Crippen molar-refractivity contribution in [2.24, 2.45) is 0 Å². The van der Waals surface area contributed by atoms with Crippen LogP contribution in [0.25, 0.3) is 0 Å². The van der Waals surface area contributed by atoms with E-state index < -0.39 is 66.1 Å². The van der Waals surface area contributed by atoms with Crippen molar-refractivity contribution in [3.8, 4) is 23.0 Å². The molecule has 0 aliphatic heterocycles. The van der Waals surface area contributed by atoms with E-state index in [1.807, 2.05) is 48.5 Å². The van der Waals surface area contributed by atoms with Crippen LogP contribution in [0.2, 0.25) is 0 Å². The molecule has 0 saturated heterocycles. The van der Waals surface area contributed by atoms with Crippen LogP contribution in [-0.4, -0.2) is 117 Å². The standard InChI is InChI=1S/C57H60O17/c1-8-38(7)65-30-43(58)31-66-45-22-14-39(15-23-45)56(41-18-26-47(27-19-41)68-34-49(73-54(63)12-5)36-71-52(61)10-3)57(40-16-24-46(25-17-40)67-32-44(59)33-70-51(60)9-2)42-20-28-48(29-21-42)69-35-50(74-55(64)13-6)37-72-53(62)11-4/h8-29,43-44,49-50,56-59H,1-7,30-37H2. The van der Waals surface area contributed by atoms with Crippen molar-refractivity contribution in [2.45, 2.75) is 36.3 Å². The summed E-state index contributed by atoms with van der Waals surface area (Å²) in [5.74, 6) is -2.45. The molecule has 0 amide bonds. The largest absolute Gasteiger partial charge is 0.491 e. The van der Waals surface area contributed by atoms with Gasteiger partial charge in [0.1, 0.15) is 93.8 Å². The van der Waals surface area contributed by atoms with Crippen LogP contribution < -0.4 is 18.9 Å². The zero-order valence-electron chi connectivity index (χ0n) is 40.8. The molecular weight excluding hydrogens is 957 g/mol. The van der Waals surface area contributed by atoms with E-state index in [0.717, 1.165) is 52.6 Å². The van der Waals surface area contributed by atoms with Gasteiger partial charge in [0.2, 0.25) is 0 Å². The molecule has 0 aliphatic rings. The van der Waals surface area contributed by atoms with Gasteiger partial charge in [-0.1, -0.05) is 94.6 Å². The predicted molar refractivity (Wildman–Crippen MR) is 272 cm³/mol. The van der Waals surface area contributed by atoms with Crippen LogP contribution in [-0.2, 0) is 52.4 Å². The van der Waals surface area contributed by atoms with Crippen LogP contribution in [0, 0.1) is 0 Å². The lowest BCUT2D eigenvalue weighted by Crippen LogP contribution is -2.30. The highest BCUT2D eigenvalue weighted by Gasteiger charge is 2.29. The fraction of sp³-hybridized carbons (Fsp3) is 0.246. The number of carbonyl (C=O) groups excluding carboxylic acids is 5. The Morgan fingerprint density at radius 1 is 0.365 bits per heavy atom. The van der Waals surface area contributed by atoms with Gasteiger partial charge in [0.25, 0.3) is 0 Å². The number of hydrogen-bond acceptors (Lipinski definition) is 17. The Labute approximate surface area is 429 Å². The van der Waals surface area contributed by atoms with E-state index in [1.165, 1.54) is 6.08 Å². The van der Waals surface area contributed by atoms with Gasteiger partial charge in [0.15, 0.2) is 12.2 Å². The Morgan fingerprint density at radius 2 is 0.635 bits per heavy atom. The lowest BCUT2D eigenvalue weighted by Gasteiger charge is -2.30. The number of aliphatic hydroxyl groups is 2. The monoisotopic (exact) mass is 1020 g/mol. The smallest absolute Gasteiger partial charge is 0.330 e. The van der Waals surface area contributed by atoms with Crippen molar-refractivity contribution in [3.63, 3.8) is 0 Å². The molecule has 0 fully saturated rings. The number of carbonyl (C=O) groups is 5. The maximum absolute atomic E-state index is 12.1. The highest BCUT2D eigenvalue weighted by molar-refractivity contribution is 5.83. The summed E-state index contributed by atoms with van der Waals surface area (Å²) >= 11 is 0. The van der Waals surface area contributed by atoms with E-state index in [-0.39, 0.29) is 52.9 Å². The summed E-state index contributed by atoms with van der Waals surface area (Å²) < 4.78 is 55.0. The molecule has 17 nitrogen and oxygen atoms in total. The van der Waals surface area contributed by atoms with E-state index in [9.17, 15) is 34.2 Å². The maximum atomic E-state index is 12.1. The molecule has 6 atom stereocenters. The molecule has 4 aromatic rings. The van der Waals surface area contributed by atoms with Crippen LogP contribution in [0.3, 0.4) is 0 Å². The lowest BCUT2D eigenvalue weighted by atomic mass is 9.73. The second-order valence-corrected chi connectivity index (χ2v) is 15.8. The van der Waals surface area contributed by atoms with Crippen LogP contribution in [0.15, 0.2) is 185 Å². The SMILES string of the molecule is C=CC(=C)OCC(O)COc1ccc(C(c2ccc(OCC(COC(=O)C=C)OC(=O)C=C)cc2)C(c2ccc(OCC(O)COC(=O)C=C)cc2)c2ccc(OCC(COC(=O)C=C)OC(=O)C=C)cc2)cc1. The highest BCUT2D eigenvalue weighted by Crippen LogP contribution is 2.44. The summed E-state index contributed by atoms with van der Waals surface area (Å²) in [6.45, 7) is 22.7. The average molecular weight is 1020 g/mol. The molecule has 0 aliphatic carbocycles. The van der Waals surface area contributed by atoms with Gasteiger partial charge in [0.05, 0.1) is 0 Å². The maximum Gasteiger partial charge on any atom is 0.330 e. The summed E-state index contributed by atoms with van der Waals surface area (Å²) in [6.07, 6.45) is 2.35. The first-order chi connectivity index (χ1) is 35.7. The molecule has 0 heterocycles. The average Bonchev–Trinajstić information content (AvgIpc) is 3.43. The van der Waals surface area contributed by atoms with Gasteiger partial charge < -0.3 is 57.6 Å². The molecule has 6 unspecified atom stereocenters. The van der Waals surface area contributed by atoms with Crippen molar-refractivity contribution in [3.05, 3.63) is 208 Å². The van der Waals surface area contributed by atoms with Crippen molar-refractivity contribution in [2.75, 3.05) is 52.9 Å². The minimum Gasteiger partial charge on any atom is -0.491 e. The quantitative estimate of drug-likeness (QED) is 0.0158. The van der Waals surface area contributed by atoms with Gasteiger partial charge in [0, 0.05) is 42.2 Å².